The lowest BCUT2D eigenvalue weighted by Crippen LogP contribution is -1.90. The average molecular weight is 232 g/mol. The molecule has 0 aliphatic rings. The molecule has 0 unspecified atom stereocenters. The van der Waals surface area contributed by atoms with Crippen molar-refractivity contribution in [2.75, 3.05) is 5.73 Å². The summed E-state index contributed by atoms with van der Waals surface area (Å²) in [6.45, 7) is 6.47. The number of nitrogen functional groups attached to an aromatic ring is 1. The zero-order valence-corrected chi connectivity index (χ0v) is 10.6. The summed E-state index contributed by atoms with van der Waals surface area (Å²) >= 11 is 1.74. The molecule has 3 heteroatoms. The van der Waals surface area contributed by atoms with E-state index < -0.39 is 0 Å². The summed E-state index contributed by atoms with van der Waals surface area (Å²) in [6.07, 6.45) is 0. The molecular formula is C13H16N2S. The average Bonchev–Trinajstić information content (AvgIpc) is 2.60. The van der Waals surface area contributed by atoms with Crippen LogP contribution in [0.2, 0.25) is 0 Å². The molecule has 0 aliphatic carbocycles. The standard InChI is InChI=1S/C13H16N2S/c1-8(2)12-9(3)16-13(15-12)10-5-4-6-11(14)7-10/h4-8H,14H2,1-3H3. The zero-order valence-electron chi connectivity index (χ0n) is 9.82. The van der Waals surface area contributed by atoms with Crippen molar-refractivity contribution in [3.05, 3.63) is 34.8 Å². The Morgan fingerprint density at radius 3 is 2.62 bits per heavy atom. The number of aromatic nitrogens is 1. The van der Waals surface area contributed by atoms with Crippen molar-refractivity contribution in [2.24, 2.45) is 0 Å². The SMILES string of the molecule is Cc1sc(-c2cccc(N)c2)nc1C(C)C. The molecule has 0 aliphatic heterocycles. The van der Waals surface area contributed by atoms with E-state index in [1.807, 2.05) is 18.2 Å². The van der Waals surface area contributed by atoms with Gasteiger partial charge in [0.05, 0.1) is 5.69 Å². The molecule has 1 aromatic heterocycles. The smallest absolute Gasteiger partial charge is 0.123 e. The van der Waals surface area contributed by atoms with Crippen LogP contribution in [0, 0.1) is 6.92 Å². The summed E-state index contributed by atoms with van der Waals surface area (Å²) in [6, 6.07) is 7.89. The fourth-order valence-electron chi connectivity index (χ4n) is 1.74. The van der Waals surface area contributed by atoms with Gasteiger partial charge in [0, 0.05) is 16.1 Å². The lowest BCUT2D eigenvalue weighted by atomic mass is 10.1. The van der Waals surface area contributed by atoms with Crippen molar-refractivity contribution in [3.8, 4) is 10.6 Å². The van der Waals surface area contributed by atoms with E-state index in [4.69, 9.17) is 5.73 Å². The van der Waals surface area contributed by atoms with Crippen LogP contribution in [0.3, 0.4) is 0 Å². The van der Waals surface area contributed by atoms with E-state index in [-0.39, 0.29) is 0 Å². The van der Waals surface area contributed by atoms with Gasteiger partial charge in [-0.3, -0.25) is 0 Å². The fraction of sp³-hybridized carbons (Fsp3) is 0.308. The van der Waals surface area contributed by atoms with Gasteiger partial charge in [0.1, 0.15) is 5.01 Å². The van der Waals surface area contributed by atoms with Crippen molar-refractivity contribution in [2.45, 2.75) is 26.7 Å². The van der Waals surface area contributed by atoms with Gasteiger partial charge in [0.25, 0.3) is 0 Å². The number of anilines is 1. The summed E-state index contributed by atoms with van der Waals surface area (Å²) < 4.78 is 0. The fourth-order valence-corrected chi connectivity index (χ4v) is 2.80. The maximum atomic E-state index is 5.78. The third kappa shape index (κ3) is 2.09. The second-order valence-electron chi connectivity index (χ2n) is 4.24. The number of hydrogen-bond acceptors (Lipinski definition) is 3. The molecule has 16 heavy (non-hydrogen) atoms. The number of benzene rings is 1. The van der Waals surface area contributed by atoms with E-state index in [1.54, 1.807) is 11.3 Å². The lowest BCUT2D eigenvalue weighted by molar-refractivity contribution is 0.826. The molecule has 0 bridgehead atoms. The van der Waals surface area contributed by atoms with Gasteiger partial charge < -0.3 is 5.73 Å². The normalized spacial score (nSPS) is 11.0. The van der Waals surface area contributed by atoms with E-state index in [0.717, 1.165) is 16.3 Å². The van der Waals surface area contributed by atoms with Crippen LogP contribution in [0.4, 0.5) is 5.69 Å². The van der Waals surface area contributed by atoms with Gasteiger partial charge in [-0.2, -0.15) is 0 Å². The second-order valence-corrected chi connectivity index (χ2v) is 5.44. The maximum absolute atomic E-state index is 5.78. The van der Waals surface area contributed by atoms with Crippen LogP contribution in [0.5, 0.6) is 0 Å². The van der Waals surface area contributed by atoms with Gasteiger partial charge in [-0.1, -0.05) is 26.0 Å². The van der Waals surface area contributed by atoms with Crippen LogP contribution in [-0.4, -0.2) is 4.98 Å². The highest BCUT2D eigenvalue weighted by molar-refractivity contribution is 7.15. The quantitative estimate of drug-likeness (QED) is 0.799. The Hall–Kier alpha value is -1.35. The van der Waals surface area contributed by atoms with Crippen molar-refractivity contribution in [3.63, 3.8) is 0 Å². The molecule has 2 N–H and O–H groups in total. The maximum Gasteiger partial charge on any atom is 0.123 e. The van der Waals surface area contributed by atoms with Gasteiger partial charge in [0.15, 0.2) is 0 Å². The van der Waals surface area contributed by atoms with E-state index in [1.165, 1.54) is 10.6 Å². The largest absolute Gasteiger partial charge is 0.399 e. The van der Waals surface area contributed by atoms with Crippen LogP contribution < -0.4 is 5.73 Å². The van der Waals surface area contributed by atoms with Crippen LogP contribution in [0.1, 0.15) is 30.3 Å². The van der Waals surface area contributed by atoms with E-state index >= 15 is 0 Å². The molecular weight excluding hydrogens is 216 g/mol. The van der Waals surface area contributed by atoms with Gasteiger partial charge in [-0.15, -0.1) is 11.3 Å². The molecule has 0 saturated carbocycles. The second kappa shape index (κ2) is 4.26. The highest BCUT2D eigenvalue weighted by atomic mass is 32.1. The number of rotatable bonds is 2. The van der Waals surface area contributed by atoms with Gasteiger partial charge in [-0.05, 0) is 25.0 Å². The molecule has 1 aromatic carbocycles. The predicted molar refractivity (Wildman–Crippen MR) is 70.8 cm³/mol. The molecule has 2 aromatic rings. The summed E-state index contributed by atoms with van der Waals surface area (Å²) in [7, 11) is 0. The van der Waals surface area contributed by atoms with Crippen molar-refractivity contribution in [1.29, 1.82) is 0 Å². The first-order chi connectivity index (χ1) is 7.58. The molecule has 0 atom stereocenters. The van der Waals surface area contributed by atoms with Crippen LogP contribution in [0.15, 0.2) is 24.3 Å². The molecule has 2 rings (SSSR count). The third-order valence-electron chi connectivity index (χ3n) is 2.51. The number of aryl methyl sites for hydroxylation is 1. The Labute approximate surface area is 100 Å². The highest BCUT2D eigenvalue weighted by Gasteiger charge is 2.11. The number of nitrogens with zero attached hydrogens (tertiary/aromatic N) is 1. The molecule has 2 nitrogen and oxygen atoms in total. The minimum absolute atomic E-state index is 0.478. The van der Waals surface area contributed by atoms with Crippen LogP contribution in [-0.2, 0) is 0 Å². The predicted octanol–water partition coefficient (Wildman–Crippen LogP) is 3.82. The summed E-state index contributed by atoms with van der Waals surface area (Å²) in [5.41, 5.74) is 8.87. The Balaban J connectivity index is 2.45. The Morgan fingerprint density at radius 2 is 2.06 bits per heavy atom. The van der Waals surface area contributed by atoms with Crippen LogP contribution in [0.25, 0.3) is 10.6 Å². The van der Waals surface area contributed by atoms with Crippen molar-refractivity contribution >= 4 is 17.0 Å². The Kier molecular flexibility index (Phi) is 2.97. The van der Waals surface area contributed by atoms with E-state index in [9.17, 15) is 0 Å². The highest BCUT2D eigenvalue weighted by Crippen LogP contribution is 2.31. The molecule has 1 heterocycles. The summed E-state index contributed by atoms with van der Waals surface area (Å²) in [5, 5.41) is 1.06. The molecule has 0 spiro atoms. The number of hydrogen-bond donors (Lipinski definition) is 1. The van der Waals surface area contributed by atoms with Gasteiger partial charge >= 0.3 is 0 Å². The molecule has 0 fully saturated rings. The molecule has 0 saturated heterocycles. The third-order valence-corrected chi connectivity index (χ3v) is 3.55. The lowest BCUT2D eigenvalue weighted by Gasteiger charge is -2.00. The van der Waals surface area contributed by atoms with Crippen molar-refractivity contribution in [1.82, 2.24) is 4.98 Å². The topological polar surface area (TPSA) is 38.9 Å². The number of thiazole rings is 1. The molecule has 0 amide bonds. The van der Waals surface area contributed by atoms with Crippen LogP contribution >= 0.6 is 11.3 Å². The van der Waals surface area contributed by atoms with Gasteiger partial charge in [-0.25, -0.2) is 4.98 Å². The summed E-state index contributed by atoms with van der Waals surface area (Å²) in [4.78, 5) is 5.98. The minimum atomic E-state index is 0.478. The molecule has 84 valence electrons. The Morgan fingerprint density at radius 1 is 1.31 bits per heavy atom. The first-order valence-corrected chi connectivity index (χ1v) is 6.23. The van der Waals surface area contributed by atoms with E-state index in [2.05, 4.69) is 31.8 Å². The minimum Gasteiger partial charge on any atom is -0.399 e. The van der Waals surface area contributed by atoms with Crippen molar-refractivity contribution < 1.29 is 0 Å². The first kappa shape index (κ1) is 11.1. The van der Waals surface area contributed by atoms with E-state index in [0.29, 0.717) is 5.92 Å². The number of nitrogens with two attached hydrogens (primary N) is 1. The first-order valence-electron chi connectivity index (χ1n) is 5.41. The van der Waals surface area contributed by atoms with Gasteiger partial charge in [0.2, 0.25) is 0 Å². The molecule has 0 radical (unpaired) electrons. The Bertz CT molecular complexity index is 500. The zero-order chi connectivity index (χ0) is 11.7. The summed E-state index contributed by atoms with van der Waals surface area (Å²) in [5.74, 6) is 0.478. The monoisotopic (exact) mass is 232 g/mol.